The van der Waals surface area contributed by atoms with Crippen LogP contribution in [0.2, 0.25) is 0 Å². The van der Waals surface area contributed by atoms with Gasteiger partial charge in [-0.05, 0) is 6.07 Å². The molecule has 1 aromatic rings. The second-order valence-corrected chi connectivity index (χ2v) is 2.11. The van der Waals surface area contributed by atoms with Crippen LogP contribution in [0, 0.1) is 0 Å². The van der Waals surface area contributed by atoms with E-state index in [1.165, 1.54) is 0 Å². The summed E-state index contributed by atoms with van der Waals surface area (Å²) in [5, 5.41) is 2.61. The molecule has 0 aliphatic carbocycles. The smallest absolute Gasteiger partial charge is 0.234 e. The normalized spacial score (nSPS) is 9.55. The predicted octanol–water partition coefficient (Wildman–Crippen LogP) is -0.146. The van der Waals surface area contributed by atoms with Gasteiger partial charge in [-0.3, -0.25) is 4.79 Å². The number of amides is 1. The van der Waals surface area contributed by atoms with Crippen LogP contribution in [-0.4, -0.2) is 12.5 Å². The van der Waals surface area contributed by atoms with Gasteiger partial charge in [-0.1, -0.05) is 0 Å². The average Bonchev–Trinajstić information content (AvgIpc) is 2.52. The van der Waals surface area contributed by atoms with Crippen molar-refractivity contribution in [2.45, 2.75) is 6.54 Å². The van der Waals surface area contributed by atoms with Gasteiger partial charge < -0.3 is 15.5 Å². The van der Waals surface area contributed by atoms with Crippen LogP contribution < -0.4 is 11.1 Å². The molecular weight excluding hydrogens is 144 g/mol. The quantitative estimate of drug-likeness (QED) is 0.636. The van der Waals surface area contributed by atoms with Crippen LogP contribution in [0.25, 0.3) is 0 Å². The number of carbonyl (C=O) groups is 1. The highest BCUT2D eigenvalue weighted by Gasteiger charge is 1.97. The summed E-state index contributed by atoms with van der Waals surface area (Å²) in [7, 11) is 0. The van der Waals surface area contributed by atoms with Crippen LogP contribution in [0.3, 0.4) is 0 Å². The zero-order valence-corrected chi connectivity index (χ0v) is 6.04. The van der Waals surface area contributed by atoms with E-state index in [2.05, 4.69) is 5.32 Å². The fraction of sp³-hybridized carbons (Fsp3) is 0.286. The molecule has 11 heavy (non-hydrogen) atoms. The zero-order valence-electron chi connectivity index (χ0n) is 6.04. The third kappa shape index (κ3) is 2.43. The summed E-state index contributed by atoms with van der Waals surface area (Å²) in [4.78, 5) is 10.6. The van der Waals surface area contributed by atoms with Crippen LogP contribution in [0.5, 0.6) is 0 Å². The van der Waals surface area contributed by atoms with Crippen molar-refractivity contribution in [1.29, 1.82) is 0 Å². The SMILES string of the molecule is NCC(=O)NCc1ccoc1. The largest absolute Gasteiger partial charge is 0.472 e. The molecule has 0 aliphatic heterocycles. The van der Waals surface area contributed by atoms with Crippen molar-refractivity contribution in [3.05, 3.63) is 24.2 Å². The van der Waals surface area contributed by atoms with Gasteiger partial charge >= 0.3 is 0 Å². The molecule has 1 amide bonds. The molecule has 0 unspecified atom stereocenters. The molecule has 3 N–H and O–H groups in total. The molecule has 0 aromatic carbocycles. The summed E-state index contributed by atoms with van der Waals surface area (Å²) in [5.74, 6) is -0.161. The minimum absolute atomic E-state index is 0.0256. The number of carbonyl (C=O) groups excluding carboxylic acids is 1. The summed E-state index contributed by atoms with van der Waals surface area (Å²) >= 11 is 0. The Hall–Kier alpha value is -1.29. The van der Waals surface area contributed by atoms with Crippen LogP contribution in [0.15, 0.2) is 23.0 Å². The maximum Gasteiger partial charge on any atom is 0.234 e. The van der Waals surface area contributed by atoms with Gasteiger partial charge in [-0.25, -0.2) is 0 Å². The summed E-state index contributed by atoms with van der Waals surface area (Å²) in [6, 6.07) is 1.79. The summed E-state index contributed by atoms with van der Waals surface area (Å²) in [6.45, 7) is 0.504. The van der Waals surface area contributed by atoms with E-state index >= 15 is 0 Å². The van der Waals surface area contributed by atoms with Gasteiger partial charge in [0.15, 0.2) is 0 Å². The van der Waals surface area contributed by atoms with Crippen LogP contribution in [0.4, 0.5) is 0 Å². The van der Waals surface area contributed by atoms with Gasteiger partial charge in [-0.15, -0.1) is 0 Å². The Labute approximate surface area is 64.4 Å². The molecule has 0 saturated heterocycles. The average molecular weight is 154 g/mol. The molecule has 4 nitrogen and oxygen atoms in total. The van der Waals surface area contributed by atoms with Gasteiger partial charge in [0.1, 0.15) is 0 Å². The molecule has 0 bridgehead atoms. The minimum Gasteiger partial charge on any atom is -0.472 e. The number of nitrogens with one attached hydrogen (secondary N) is 1. The van der Waals surface area contributed by atoms with Gasteiger partial charge in [0.05, 0.1) is 19.1 Å². The van der Waals surface area contributed by atoms with Gasteiger partial charge in [0.25, 0.3) is 0 Å². The van der Waals surface area contributed by atoms with Gasteiger partial charge in [0, 0.05) is 12.1 Å². The molecule has 60 valence electrons. The lowest BCUT2D eigenvalue weighted by Gasteiger charge is -1.98. The Balaban J connectivity index is 2.29. The first-order chi connectivity index (χ1) is 5.33. The van der Waals surface area contributed by atoms with E-state index < -0.39 is 0 Å². The van der Waals surface area contributed by atoms with Crippen LogP contribution >= 0.6 is 0 Å². The number of rotatable bonds is 3. The number of nitrogens with two attached hydrogens (primary N) is 1. The fourth-order valence-electron chi connectivity index (χ4n) is 0.666. The zero-order chi connectivity index (χ0) is 8.10. The lowest BCUT2D eigenvalue weighted by Crippen LogP contribution is -2.29. The second kappa shape index (κ2) is 3.78. The summed E-state index contributed by atoms with van der Waals surface area (Å²) < 4.78 is 4.80. The number of hydrogen-bond acceptors (Lipinski definition) is 3. The minimum atomic E-state index is -0.161. The van der Waals surface area contributed by atoms with E-state index in [1.54, 1.807) is 18.6 Å². The first-order valence-electron chi connectivity index (χ1n) is 3.31. The molecule has 0 spiro atoms. The van der Waals surface area contributed by atoms with E-state index in [0.29, 0.717) is 6.54 Å². The maximum absolute atomic E-state index is 10.6. The Morgan fingerprint density at radius 1 is 1.73 bits per heavy atom. The van der Waals surface area contributed by atoms with Crippen LogP contribution in [0.1, 0.15) is 5.56 Å². The monoisotopic (exact) mass is 154 g/mol. The second-order valence-electron chi connectivity index (χ2n) is 2.11. The van der Waals surface area contributed by atoms with Crippen molar-refractivity contribution in [2.24, 2.45) is 5.73 Å². The molecule has 0 fully saturated rings. The number of furan rings is 1. The van der Waals surface area contributed by atoms with E-state index in [1.807, 2.05) is 0 Å². The third-order valence-corrected chi connectivity index (χ3v) is 1.26. The lowest BCUT2D eigenvalue weighted by atomic mass is 10.3. The highest BCUT2D eigenvalue weighted by Crippen LogP contribution is 1.97. The third-order valence-electron chi connectivity index (χ3n) is 1.26. The first kappa shape index (κ1) is 7.81. The van der Waals surface area contributed by atoms with Crippen molar-refractivity contribution in [1.82, 2.24) is 5.32 Å². The molecule has 0 aliphatic rings. The highest BCUT2D eigenvalue weighted by molar-refractivity contribution is 5.77. The van der Waals surface area contributed by atoms with E-state index in [-0.39, 0.29) is 12.5 Å². The van der Waals surface area contributed by atoms with Crippen molar-refractivity contribution in [3.63, 3.8) is 0 Å². The Morgan fingerprint density at radius 2 is 2.55 bits per heavy atom. The molecular formula is C7H10N2O2. The molecule has 1 heterocycles. The van der Waals surface area contributed by atoms with Crippen molar-refractivity contribution in [2.75, 3.05) is 6.54 Å². The Morgan fingerprint density at radius 3 is 3.09 bits per heavy atom. The Bertz CT molecular complexity index is 218. The standard InChI is InChI=1S/C7H10N2O2/c8-3-7(10)9-4-6-1-2-11-5-6/h1-2,5H,3-4,8H2,(H,9,10). The van der Waals surface area contributed by atoms with E-state index in [4.69, 9.17) is 10.2 Å². The fourth-order valence-corrected chi connectivity index (χ4v) is 0.666. The van der Waals surface area contributed by atoms with Crippen molar-refractivity contribution >= 4 is 5.91 Å². The highest BCUT2D eigenvalue weighted by atomic mass is 16.3. The van der Waals surface area contributed by atoms with Crippen molar-refractivity contribution in [3.8, 4) is 0 Å². The first-order valence-corrected chi connectivity index (χ1v) is 3.31. The summed E-state index contributed by atoms with van der Waals surface area (Å²) in [6.07, 6.45) is 3.14. The summed E-state index contributed by atoms with van der Waals surface area (Å²) in [5.41, 5.74) is 6.01. The maximum atomic E-state index is 10.6. The Kier molecular flexibility index (Phi) is 2.68. The molecule has 1 rings (SSSR count). The topological polar surface area (TPSA) is 68.3 Å². The van der Waals surface area contributed by atoms with E-state index in [9.17, 15) is 4.79 Å². The molecule has 1 aromatic heterocycles. The van der Waals surface area contributed by atoms with Gasteiger partial charge in [-0.2, -0.15) is 0 Å². The van der Waals surface area contributed by atoms with Crippen LogP contribution in [-0.2, 0) is 11.3 Å². The van der Waals surface area contributed by atoms with Crippen molar-refractivity contribution < 1.29 is 9.21 Å². The molecule has 0 atom stereocenters. The lowest BCUT2D eigenvalue weighted by molar-refractivity contribution is -0.119. The van der Waals surface area contributed by atoms with Gasteiger partial charge in [0.2, 0.25) is 5.91 Å². The predicted molar refractivity (Wildman–Crippen MR) is 39.6 cm³/mol. The molecule has 0 radical (unpaired) electrons. The molecule has 4 heteroatoms. The number of hydrogen-bond donors (Lipinski definition) is 2. The van der Waals surface area contributed by atoms with E-state index in [0.717, 1.165) is 5.56 Å². The molecule has 0 saturated carbocycles.